The van der Waals surface area contributed by atoms with Crippen molar-refractivity contribution in [3.05, 3.63) is 108 Å². The molecule has 1 radical (unpaired) electrons. The van der Waals surface area contributed by atoms with Gasteiger partial charge in [0.05, 0.1) is 12.7 Å². The van der Waals surface area contributed by atoms with Crippen LogP contribution in [-0.2, 0) is 6.42 Å². The molecule has 0 amide bonds. The predicted octanol–water partition coefficient (Wildman–Crippen LogP) is 5.64. The normalized spacial score (nSPS) is 12.2. The van der Waals surface area contributed by atoms with Crippen molar-refractivity contribution >= 4 is 6.08 Å². The summed E-state index contributed by atoms with van der Waals surface area (Å²) in [6.07, 6.45) is 6.36. The van der Waals surface area contributed by atoms with Crippen molar-refractivity contribution in [2.45, 2.75) is 25.4 Å². The van der Waals surface area contributed by atoms with E-state index in [9.17, 15) is 5.11 Å². The zero-order valence-electron chi connectivity index (χ0n) is 15.4. The summed E-state index contributed by atoms with van der Waals surface area (Å²) in [4.78, 5) is 0. The maximum Gasteiger partial charge on any atom is 0.127 e. The Balaban J connectivity index is 1.41. The van der Waals surface area contributed by atoms with Gasteiger partial charge in [0.1, 0.15) is 5.75 Å². The van der Waals surface area contributed by atoms with Crippen LogP contribution in [0.2, 0.25) is 0 Å². The van der Waals surface area contributed by atoms with Gasteiger partial charge in [-0.1, -0.05) is 84.9 Å². The average Bonchev–Trinajstić information content (AvgIpc) is 2.72. The van der Waals surface area contributed by atoms with Crippen LogP contribution in [0.5, 0.6) is 5.75 Å². The Morgan fingerprint density at radius 2 is 1.70 bits per heavy atom. The summed E-state index contributed by atoms with van der Waals surface area (Å²) in [6.45, 7) is 0.690. The zero-order chi connectivity index (χ0) is 18.7. The van der Waals surface area contributed by atoms with Gasteiger partial charge in [0.2, 0.25) is 0 Å². The van der Waals surface area contributed by atoms with Crippen LogP contribution in [0, 0.1) is 6.07 Å². The molecule has 0 bridgehead atoms. The molecule has 0 aliphatic heterocycles. The van der Waals surface area contributed by atoms with Gasteiger partial charge in [-0.05, 0) is 35.6 Å². The van der Waals surface area contributed by atoms with Gasteiger partial charge in [-0.2, -0.15) is 0 Å². The molecule has 0 heterocycles. The molecule has 0 fully saturated rings. The number of benzene rings is 3. The molecule has 1 unspecified atom stereocenters. The zero-order valence-corrected chi connectivity index (χ0v) is 15.4. The Kier molecular flexibility index (Phi) is 7.25. The second-order valence-corrected chi connectivity index (χ2v) is 6.49. The number of allylic oxidation sites excluding steroid dienone is 1. The van der Waals surface area contributed by atoms with E-state index < -0.39 is 6.10 Å². The van der Waals surface area contributed by atoms with Gasteiger partial charge in [-0.15, -0.1) is 0 Å². The second-order valence-electron chi connectivity index (χ2n) is 6.49. The third-order valence-electron chi connectivity index (χ3n) is 4.36. The Bertz CT molecular complexity index is 808. The monoisotopic (exact) mass is 357 g/mol. The lowest BCUT2D eigenvalue weighted by molar-refractivity contribution is 0.178. The van der Waals surface area contributed by atoms with Crippen molar-refractivity contribution in [1.29, 1.82) is 0 Å². The number of aliphatic hydroxyl groups excluding tert-OH is 1. The van der Waals surface area contributed by atoms with Crippen molar-refractivity contribution in [1.82, 2.24) is 0 Å². The van der Waals surface area contributed by atoms with Gasteiger partial charge in [-0.3, -0.25) is 0 Å². The van der Waals surface area contributed by atoms with Crippen molar-refractivity contribution < 1.29 is 9.84 Å². The van der Waals surface area contributed by atoms with Crippen molar-refractivity contribution in [2.75, 3.05) is 6.61 Å². The van der Waals surface area contributed by atoms with Gasteiger partial charge in [0.15, 0.2) is 0 Å². The first-order valence-corrected chi connectivity index (χ1v) is 9.39. The molecule has 2 heteroatoms. The standard InChI is InChI=1S/C25H25O2/c26-25(20-22-11-4-1-5-12-22)23-17-15-21(16-18-23)10-6-3-9-19-27-24-13-7-2-8-14-24/h1-2,4-8,10-13,15-18,25-26H,3,9,19-20H2/b10-6+. The van der Waals surface area contributed by atoms with Gasteiger partial charge in [0, 0.05) is 12.5 Å². The van der Waals surface area contributed by atoms with Gasteiger partial charge in [-0.25, -0.2) is 0 Å². The van der Waals surface area contributed by atoms with E-state index in [1.165, 1.54) is 0 Å². The van der Waals surface area contributed by atoms with Crippen molar-refractivity contribution in [3.8, 4) is 5.75 Å². The van der Waals surface area contributed by atoms with Crippen LogP contribution >= 0.6 is 0 Å². The van der Waals surface area contributed by atoms with Gasteiger partial charge < -0.3 is 9.84 Å². The Hall–Kier alpha value is -2.84. The van der Waals surface area contributed by atoms with Crippen LogP contribution in [0.1, 0.15) is 35.6 Å². The highest BCUT2D eigenvalue weighted by Crippen LogP contribution is 2.19. The predicted molar refractivity (Wildman–Crippen MR) is 111 cm³/mol. The summed E-state index contributed by atoms with van der Waals surface area (Å²) >= 11 is 0. The lowest BCUT2D eigenvalue weighted by Gasteiger charge is -2.11. The maximum atomic E-state index is 10.4. The van der Waals surface area contributed by atoms with Crippen molar-refractivity contribution in [2.24, 2.45) is 0 Å². The summed E-state index contributed by atoms with van der Waals surface area (Å²) in [5, 5.41) is 10.4. The minimum absolute atomic E-state index is 0.475. The minimum atomic E-state index is -0.475. The molecular weight excluding hydrogens is 332 g/mol. The Morgan fingerprint density at radius 3 is 2.44 bits per heavy atom. The van der Waals surface area contributed by atoms with E-state index >= 15 is 0 Å². The van der Waals surface area contributed by atoms with E-state index in [-0.39, 0.29) is 0 Å². The third kappa shape index (κ3) is 6.43. The van der Waals surface area contributed by atoms with Gasteiger partial charge >= 0.3 is 0 Å². The van der Waals surface area contributed by atoms with E-state index in [2.05, 4.69) is 30.4 Å². The average molecular weight is 357 g/mol. The lowest BCUT2D eigenvalue weighted by atomic mass is 10.0. The molecule has 3 aromatic carbocycles. The highest BCUT2D eigenvalue weighted by atomic mass is 16.5. The molecule has 0 saturated carbocycles. The van der Waals surface area contributed by atoms with Crippen LogP contribution in [0.4, 0.5) is 0 Å². The fraction of sp³-hybridized carbons (Fsp3) is 0.200. The Labute approximate surface area is 161 Å². The van der Waals surface area contributed by atoms with Crippen LogP contribution in [0.25, 0.3) is 6.08 Å². The first-order chi connectivity index (χ1) is 13.3. The van der Waals surface area contributed by atoms with Crippen LogP contribution < -0.4 is 4.74 Å². The summed E-state index contributed by atoms with van der Waals surface area (Å²) in [7, 11) is 0. The molecule has 1 N–H and O–H groups in total. The molecule has 0 spiro atoms. The number of para-hydroxylation sites is 1. The van der Waals surface area contributed by atoms with Crippen molar-refractivity contribution in [3.63, 3.8) is 0 Å². The Morgan fingerprint density at radius 1 is 0.926 bits per heavy atom. The van der Waals surface area contributed by atoms with Crippen LogP contribution in [-0.4, -0.2) is 11.7 Å². The first-order valence-electron chi connectivity index (χ1n) is 9.39. The molecule has 0 aliphatic rings. The summed E-state index contributed by atoms with van der Waals surface area (Å²) in [6, 6.07) is 28.9. The summed E-state index contributed by atoms with van der Waals surface area (Å²) in [5.41, 5.74) is 3.23. The second kappa shape index (κ2) is 10.3. The number of hydrogen-bond donors (Lipinski definition) is 1. The SMILES string of the molecule is OC(Cc1ccccc1)c1ccc(/C=C/CCCOc2[c]cccc2)cc1. The number of aliphatic hydroxyl groups is 1. The number of unbranched alkanes of at least 4 members (excludes halogenated alkanes) is 1. The van der Waals surface area contributed by atoms with E-state index in [1.54, 1.807) is 0 Å². The molecule has 1 atom stereocenters. The van der Waals surface area contributed by atoms with E-state index in [0.717, 1.165) is 35.3 Å². The third-order valence-corrected chi connectivity index (χ3v) is 4.36. The summed E-state index contributed by atoms with van der Waals surface area (Å²) < 4.78 is 5.63. The molecule has 0 aliphatic carbocycles. The number of rotatable bonds is 9. The fourth-order valence-electron chi connectivity index (χ4n) is 2.85. The lowest BCUT2D eigenvalue weighted by Crippen LogP contribution is -2.01. The molecule has 137 valence electrons. The first kappa shape index (κ1) is 18.9. The number of hydrogen-bond acceptors (Lipinski definition) is 2. The molecule has 2 nitrogen and oxygen atoms in total. The largest absolute Gasteiger partial charge is 0.493 e. The quantitative estimate of drug-likeness (QED) is 0.503. The van der Waals surface area contributed by atoms with Crippen LogP contribution in [0.3, 0.4) is 0 Å². The minimum Gasteiger partial charge on any atom is -0.493 e. The van der Waals surface area contributed by atoms with E-state index in [1.807, 2.05) is 66.7 Å². The summed E-state index contributed by atoms with van der Waals surface area (Å²) in [5.74, 6) is 0.797. The van der Waals surface area contributed by atoms with Gasteiger partial charge in [0.25, 0.3) is 0 Å². The highest BCUT2D eigenvalue weighted by Gasteiger charge is 2.07. The number of ether oxygens (including phenoxy) is 1. The van der Waals surface area contributed by atoms with E-state index in [0.29, 0.717) is 13.0 Å². The van der Waals surface area contributed by atoms with E-state index in [4.69, 9.17) is 4.74 Å². The fourth-order valence-corrected chi connectivity index (χ4v) is 2.85. The molecule has 3 rings (SSSR count). The molecule has 0 aromatic heterocycles. The molecule has 27 heavy (non-hydrogen) atoms. The maximum absolute atomic E-state index is 10.4. The molecule has 0 saturated heterocycles. The smallest absolute Gasteiger partial charge is 0.127 e. The van der Waals surface area contributed by atoms with Crippen LogP contribution in [0.15, 0.2) is 84.9 Å². The topological polar surface area (TPSA) is 29.5 Å². The molecule has 3 aromatic rings. The highest BCUT2D eigenvalue weighted by molar-refractivity contribution is 5.49. The molecular formula is C25H25O2.